The number of esters is 1. The molecule has 5 nitrogen and oxygen atoms in total. The molecule has 1 aromatic carbocycles. The van der Waals surface area contributed by atoms with Gasteiger partial charge in [-0.15, -0.1) is 0 Å². The molecular weight excluding hydrogens is 359 g/mol. The predicted molar refractivity (Wildman–Crippen MR) is 95.0 cm³/mol. The zero-order valence-corrected chi connectivity index (χ0v) is 14.7. The molecule has 2 heterocycles. The number of hydrogen-bond donors (Lipinski definition) is 0. The molecular formula is C19H14ClFN2O3. The summed E-state index contributed by atoms with van der Waals surface area (Å²) in [6.07, 6.45) is 1.47. The van der Waals surface area contributed by atoms with Gasteiger partial charge in [-0.3, -0.25) is 9.79 Å². The topological polar surface area (TPSA) is 56.2 Å². The van der Waals surface area contributed by atoms with Crippen molar-refractivity contribution in [2.75, 3.05) is 7.11 Å². The summed E-state index contributed by atoms with van der Waals surface area (Å²) in [7, 11) is 1.27. The van der Waals surface area contributed by atoms with Crippen LogP contribution in [-0.4, -0.2) is 18.8 Å². The predicted octanol–water partition coefficient (Wildman–Crippen LogP) is 4.71. The summed E-state index contributed by atoms with van der Waals surface area (Å²) in [5.41, 5.74) is 1.43. The van der Waals surface area contributed by atoms with Gasteiger partial charge in [0.2, 0.25) is 5.70 Å². The first-order chi connectivity index (χ1) is 12.5. The fourth-order valence-corrected chi connectivity index (χ4v) is 3.37. The fourth-order valence-electron chi connectivity index (χ4n) is 3.08. The van der Waals surface area contributed by atoms with Crippen LogP contribution in [0.5, 0.6) is 0 Å². The number of methoxy groups -OCH3 is 1. The van der Waals surface area contributed by atoms with E-state index in [0.717, 1.165) is 6.07 Å². The Morgan fingerprint density at radius 1 is 1.42 bits per heavy atom. The third-order valence-electron chi connectivity index (χ3n) is 4.24. The van der Waals surface area contributed by atoms with Gasteiger partial charge in [-0.05, 0) is 36.8 Å². The highest BCUT2D eigenvalue weighted by Gasteiger charge is 2.42. The Balaban J connectivity index is 2.28. The van der Waals surface area contributed by atoms with Gasteiger partial charge in [0, 0.05) is 16.7 Å². The van der Waals surface area contributed by atoms with Crippen LogP contribution in [0, 0.1) is 18.3 Å². The minimum atomic E-state index is -0.842. The van der Waals surface area contributed by atoms with E-state index in [0.29, 0.717) is 22.7 Å². The molecule has 3 rings (SSSR count). The van der Waals surface area contributed by atoms with E-state index in [1.165, 1.54) is 25.5 Å². The molecule has 0 bridgehead atoms. The lowest BCUT2D eigenvalue weighted by atomic mass is 9.78. The summed E-state index contributed by atoms with van der Waals surface area (Å²) in [4.78, 5) is 20.5. The van der Waals surface area contributed by atoms with E-state index in [9.17, 15) is 9.18 Å². The van der Waals surface area contributed by atoms with Gasteiger partial charge < -0.3 is 9.15 Å². The number of furan rings is 1. The fraction of sp³-hybridized carbons (Fsp3) is 0.211. The summed E-state index contributed by atoms with van der Waals surface area (Å²) < 4.78 is 23.8. The first-order valence-electron chi connectivity index (χ1n) is 7.71. The molecule has 26 heavy (non-hydrogen) atoms. The van der Waals surface area contributed by atoms with Crippen LogP contribution in [0.1, 0.15) is 24.2 Å². The summed E-state index contributed by atoms with van der Waals surface area (Å²) in [6, 6.07) is 7.23. The van der Waals surface area contributed by atoms with Crippen molar-refractivity contribution in [2.45, 2.75) is 12.8 Å². The Hall–Kier alpha value is -2.91. The number of ether oxygens (including phenoxy) is 1. The van der Waals surface area contributed by atoms with E-state index in [1.54, 1.807) is 19.1 Å². The van der Waals surface area contributed by atoms with E-state index >= 15 is 0 Å². The Bertz CT molecular complexity index is 958. The maximum absolute atomic E-state index is 13.5. The van der Waals surface area contributed by atoms with Gasteiger partial charge in [0.1, 0.15) is 17.3 Å². The monoisotopic (exact) mass is 372 g/mol. The Labute approximate surface area is 154 Å². The van der Waals surface area contributed by atoms with E-state index < -0.39 is 23.6 Å². The molecule has 0 radical (unpaired) electrons. The van der Waals surface area contributed by atoms with Crippen molar-refractivity contribution in [3.63, 3.8) is 0 Å². The van der Waals surface area contributed by atoms with Crippen molar-refractivity contribution >= 4 is 29.0 Å². The van der Waals surface area contributed by atoms with Gasteiger partial charge in [0.05, 0.1) is 25.9 Å². The third-order valence-corrected chi connectivity index (χ3v) is 4.56. The Morgan fingerprint density at radius 2 is 2.19 bits per heavy atom. The Kier molecular flexibility index (Phi) is 4.92. The average Bonchev–Trinajstić information content (AvgIpc) is 3.15. The van der Waals surface area contributed by atoms with Crippen LogP contribution in [-0.2, 0) is 9.53 Å². The highest BCUT2D eigenvalue weighted by atomic mass is 35.5. The number of rotatable bonds is 3. The first-order valence-corrected chi connectivity index (χ1v) is 8.09. The minimum absolute atomic E-state index is 0.124. The quantitative estimate of drug-likeness (QED) is 0.579. The van der Waals surface area contributed by atoms with Gasteiger partial charge in [0.15, 0.2) is 0 Å². The first kappa shape index (κ1) is 17.9. The van der Waals surface area contributed by atoms with Crippen molar-refractivity contribution in [3.8, 4) is 0 Å². The number of halogens is 2. The van der Waals surface area contributed by atoms with Crippen molar-refractivity contribution < 1.29 is 18.3 Å². The number of benzene rings is 1. The van der Waals surface area contributed by atoms with Crippen LogP contribution in [0.4, 0.5) is 4.39 Å². The molecule has 1 aliphatic heterocycles. The largest absolute Gasteiger partial charge is 0.469 e. The number of carbonyl (C=O) groups is 1. The molecule has 1 aromatic heterocycles. The highest BCUT2D eigenvalue weighted by Crippen LogP contribution is 2.45. The second-order valence-corrected chi connectivity index (χ2v) is 6.13. The van der Waals surface area contributed by atoms with E-state index in [-0.39, 0.29) is 10.7 Å². The highest BCUT2D eigenvalue weighted by molar-refractivity contribution is 6.31. The van der Waals surface area contributed by atoms with Gasteiger partial charge in [-0.2, -0.15) is 0 Å². The normalized spacial score (nSPS) is 19.7. The Morgan fingerprint density at radius 3 is 2.77 bits per heavy atom. The maximum Gasteiger partial charge on any atom is 0.314 e. The summed E-state index contributed by atoms with van der Waals surface area (Å²) >= 11 is 6.24. The molecule has 132 valence electrons. The van der Waals surface area contributed by atoms with Crippen molar-refractivity contribution in [1.29, 1.82) is 0 Å². The van der Waals surface area contributed by atoms with Crippen LogP contribution >= 0.6 is 11.6 Å². The zero-order valence-electron chi connectivity index (χ0n) is 14.0. The summed E-state index contributed by atoms with van der Waals surface area (Å²) in [5, 5.41) is 0.124. The van der Waals surface area contributed by atoms with Crippen molar-refractivity contribution in [1.82, 2.24) is 0 Å². The average molecular weight is 373 g/mol. The minimum Gasteiger partial charge on any atom is -0.469 e. The number of aliphatic imine (C=N–C) groups is 1. The molecule has 0 fully saturated rings. The summed E-state index contributed by atoms with van der Waals surface area (Å²) in [5.74, 6) is -2.25. The second kappa shape index (κ2) is 7.14. The zero-order chi connectivity index (χ0) is 18.8. The number of hydrogen-bond acceptors (Lipinski definition) is 4. The smallest absolute Gasteiger partial charge is 0.314 e. The lowest BCUT2D eigenvalue weighted by molar-refractivity contribution is -0.143. The molecule has 2 aromatic rings. The number of nitrogens with zero attached hydrogens (tertiary/aromatic N) is 2. The van der Waals surface area contributed by atoms with E-state index in [1.807, 2.05) is 0 Å². The molecule has 0 N–H and O–H groups in total. The molecule has 0 spiro atoms. The van der Waals surface area contributed by atoms with Gasteiger partial charge in [0.25, 0.3) is 0 Å². The lowest BCUT2D eigenvalue weighted by Gasteiger charge is -2.30. The van der Waals surface area contributed by atoms with E-state index in [2.05, 4.69) is 9.84 Å². The molecule has 2 atom stereocenters. The molecule has 2 unspecified atom stereocenters. The molecule has 1 aliphatic rings. The van der Waals surface area contributed by atoms with Gasteiger partial charge in [-0.1, -0.05) is 17.7 Å². The standard InChI is InChI=1S/C19H14ClFN2O3/c1-10-15(19(24)25-3)16(12-7-6-11(21)9-13(12)20)18(22-2)17(23-10)14-5-4-8-26-14/h4-9,15-16H,1,3H3. The number of carbonyl (C=O) groups excluding carboxylic acids is 1. The van der Waals surface area contributed by atoms with Crippen LogP contribution in [0.2, 0.25) is 5.02 Å². The van der Waals surface area contributed by atoms with E-state index in [4.69, 9.17) is 27.3 Å². The van der Waals surface area contributed by atoms with Gasteiger partial charge in [-0.25, -0.2) is 9.24 Å². The SMILES string of the molecule is [C-]#[N+]C1=C(c2ccco2)N=C(C)C(C(=O)OC)C1c1ccc(F)cc1Cl. The van der Waals surface area contributed by atoms with Gasteiger partial charge >= 0.3 is 5.97 Å². The summed E-state index contributed by atoms with van der Waals surface area (Å²) in [6.45, 7) is 9.34. The van der Waals surface area contributed by atoms with Crippen LogP contribution in [0.3, 0.4) is 0 Å². The molecule has 0 saturated carbocycles. The van der Waals surface area contributed by atoms with Crippen molar-refractivity contribution in [2.24, 2.45) is 10.9 Å². The number of allylic oxidation sites excluding steroid dienone is 1. The second-order valence-electron chi connectivity index (χ2n) is 5.72. The lowest BCUT2D eigenvalue weighted by Crippen LogP contribution is -2.33. The van der Waals surface area contributed by atoms with Crippen LogP contribution in [0.25, 0.3) is 10.5 Å². The van der Waals surface area contributed by atoms with Crippen molar-refractivity contribution in [3.05, 3.63) is 75.9 Å². The third kappa shape index (κ3) is 3.02. The molecule has 0 amide bonds. The molecule has 7 heteroatoms. The molecule has 0 saturated heterocycles. The molecule has 0 aliphatic carbocycles. The maximum atomic E-state index is 13.5. The van der Waals surface area contributed by atoms with Crippen LogP contribution < -0.4 is 0 Å². The van der Waals surface area contributed by atoms with Crippen LogP contribution in [0.15, 0.2) is 51.7 Å².